The molecule has 4 N–H and O–H groups in total. The molecule has 1 fully saturated rings. The van der Waals surface area contributed by atoms with Crippen LogP contribution in [0.4, 0.5) is 11.4 Å². The van der Waals surface area contributed by atoms with Gasteiger partial charge in [0.1, 0.15) is 0 Å². The van der Waals surface area contributed by atoms with Crippen LogP contribution in [0.2, 0.25) is 5.02 Å². The number of aliphatic hydroxyl groups is 1. The number of hydrogen-bond acceptors (Lipinski definition) is 6. The molecule has 1 aliphatic carbocycles. The van der Waals surface area contributed by atoms with E-state index in [9.17, 15) is 0 Å². The van der Waals surface area contributed by atoms with Gasteiger partial charge in [0.2, 0.25) is 0 Å². The van der Waals surface area contributed by atoms with Crippen LogP contribution < -0.4 is 11.1 Å². The van der Waals surface area contributed by atoms with Crippen LogP contribution in [0.5, 0.6) is 0 Å². The number of nitrogens with zero attached hydrogens (tertiary/aromatic N) is 2. The normalized spacial score (nSPS) is 17.8. The molecule has 1 unspecified atom stereocenters. The number of morpholine rings is 1. The van der Waals surface area contributed by atoms with E-state index >= 15 is 0 Å². The molecule has 230 valence electrons. The van der Waals surface area contributed by atoms with Gasteiger partial charge in [-0.3, -0.25) is 9.89 Å². The first-order valence-electron chi connectivity index (χ1n) is 14.8. The van der Waals surface area contributed by atoms with E-state index in [1.165, 1.54) is 11.1 Å². The van der Waals surface area contributed by atoms with Crippen LogP contribution in [-0.2, 0) is 25.8 Å². The van der Waals surface area contributed by atoms with Crippen molar-refractivity contribution in [2.24, 2.45) is 4.99 Å². The zero-order valence-corrected chi connectivity index (χ0v) is 29.5. The molecule has 1 saturated heterocycles. The molecule has 0 radical (unpaired) electrons. The summed E-state index contributed by atoms with van der Waals surface area (Å²) in [6, 6.07) is 13.4. The van der Waals surface area contributed by atoms with Crippen molar-refractivity contribution in [1.29, 1.82) is 0 Å². The van der Waals surface area contributed by atoms with Crippen LogP contribution in [0.15, 0.2) is 100 Å². The molecule has 2 aromatic rings. The number of nitrogens with one attached hydrogen (secondary N) is 1. The fraction of sp³-hybridized carbons (Fsp3) is 0.371. The van der Waals surface area contributed by atoms with Crippen molar-refractivity contribution in [1.82, 2.24) is 4.90 Å². The fourth-order valence-corrected chi connectivity index (χ4v) is 5.01. The maximum atomic E-state index is 8.54. The maximum absolute atomic E-state index is 8.54. The van der Waals surface area contributed by atoms with Crippen molar-refractivity contribution < 1.29 is 30.9 Å². The number of halogens is 1. The average Bonchev–Trinajstić information content (AvgIpc) is 3.26. The predicted molar refractivity (Wildman–Crippen MR) is 179 cm³/mol. The largest absolute Gasteiger partial charge is 0.399 e. The topological polar surface area (TPSA) is 83.1 Å². The number of benzodiazepines with no additional fused rings is 1. The van der Waals surface area contributed by atoms with Crippen molar-refractivity contribution in [2.45, 2.75) is 46.6 Å². The van der Waals surface area contributed by atoms with E-state index in [2.05, 4.69) is 48.5 Å². The number of aliphatic imine (C=N–C) groups is 1. The summed E-state index contributed by atoms with van der Waals surface area (Å²) in [5.41, 5.74) is 18.4. The number of allylic oxidation sites excluding steroid dienone is 4. The molecule has 5 rings (SSSR count). The third kappa shape index (κ3) is 10.8. The molecule has 0 saturated carbocycles. The Kier molecular flexibility index (Phi) is 16.0. The summed E-state index contributed by atoms with van der Waals surface area (Å²) in [7, 11) is 0. The van der Waals surface area contributed by atoms with Gasteiger partial charge in [-0.05, 0) is 72.5 Å². The van der Waals surface area contributed by atoms with E-state index < -0.39 is 0 Å². The van der Waals surface area contributed by atoms with Crippen molar-refractivity contribution in [3.8, 4) is 0 Å². The minimum Gasteiger partial charge on any atom is -0.399 e. The average molecular weight is 773 g/mol. The van der Waals surface area contributed by atoms with Gasteiger partial charge in [0.25, 0.3) is 0 Å². The summed E-state index contributed by atoms with van der Waals surface area (Å²) >= 11 is 6.34. The molecule has 0 spiro atoms. The second kappa shape index (κ2) is 18.9. The number of anilines is 2. The van der Waals surface area contributed by atoms with Crippen LogP contribution in [0, 0.1) is 0 Å². The Bertz CT molecular complexity index is 1370. The number of nitrogens with two attached hydrogens (primary N) is 1. The summed E-state index contributed by atoms with van der Waals surface area (Å²) in [6.45, 7) is 17.3. The van der Waals surface area contributed by atoms with Crippen molar-refractivity contribution >= 4 is 28.7 Å². The van der Waals surface area contributed by atoms with Crippen LogP contribution in [0.25, 0.3) is 0 Å². The molecule has 2 heterocycles. The van der Waals surface area contributed by atoms with E-state index in [0.717, 1.165) is 78.8 Å². The van der Waals surface area contributed by atoms with Crippen LogP contribution in [0.3, 0.4) is 0 Å². The number of ether oxygens (including phenoxy) is 1. The number of benzene rings is 2. The smallest absolute Gasteiger partial charge is 0.0945 e. The minimum absolute atomic E-state index is 0. The maximum Gasteiger partial charge on any atom is 0.0945 e. The number of fused-ring (bicyclic) bond motifs is 1. The number of hydrogen-bond donors (Lipinski definition) is 3. The Morgan fingerprint density at radius 2 is 1.86 bits per heavy atom. The predicted octanol–water partition coefficient (Wildman–Crippen LogP) is 7.17. The van der Waals surface area contributed by atoms with Gasteiger partial charge >= 0.3 is 0 Å². The Labute approximate surface area is 277 Å². The van der Waals surface area contributed by atoms with Gasteiger partial charge in [-0.15, -0.1) is 5.73 Å². The third-order valence-electron chi connectivity index (χ3n) is 7.17. The molecule has 6 nitrogen and oxygen atoms in total. The van der Waals surface area contributed by atoms with Gasteiger partial charge in [-0.1, -0.05) is 57.2 Å². The standard InChI is InChI=1S/C27H26ClN3.C6H13NO2.C2H6.W/c1-4-20-14-19(7-5-6-17(20)2)15-26-18(3)30-25-13-10-22(28)16-24(25)27(31-26)21-8-11-23(29)12-9-21;8-4-1-7-2-5-9-6-3-7;1-2;/h5-6,8-14,16,26,30H,3-4,15,29H2,1-2H3;8H,1-6H2;1-2H3;. The summed E-state index contributed by atoms with van der Waals surface area (Å²) in [6.07, 6.45) is 8.03. The zero-order valence-electron chi connectivity index (χ0n) is 25.8. The molecule has 2 aliphatic heterocycles. The molecule has 1 atom stereocenters. The van der Waals surface area contributed by atoms with E-state index in [0.29, 0.717) is 11.4 Å². The van der Waals surface area contributed by atoms with Crippen LogP contribution in [0.1, 0.15) is 51.7 Å². The van der Waals surface area contributed by atoms with Gasteiger partial charge in [0.05, 0.1) is 31.6 Å². The quantitative estimate of drug-likeness (QED) is 0.215. The number of rotatable bonds is 6. The summed E-state index contributed by atoms with van der Waals surface area (Å²) in [4.78, 5) is 7.37. The summed E-state index contributed by atoms with van der Waals surface area (Å²) in [5.74, 6) is 0. The molecule has 0 bridgehead atoms. The van der Waals surface area contributed by atoms with E-state index in [-0.39, 0.29) is 33.7 Å². The van der Waals surface area contributed by atoms with Gasteiger partial charge in [-0.25, -0.2) is 0 Å². The van der Waals surface area contributed by atoms with Gasteiger partial charge < -0.3 is 20.9 Å². The Morgan fingerprint density at radius 1 is 1.16 bits per heavy atom. The zero-order chi connectivity index (χ0) is 30.5. The molecule has 3 aliphatic rings. The minimum atomic E-state index is -0.151. The SMILES string of the molecule is C=C1Nc2ccc(Cl)cc2C(c2ccc(N)cc2)=NC1CC1=C=CC=C(C)C(CC)=C1.CC.OCCN1CCOCC1.[W]. The van der Waals surface area contributed by atoms with E-state index in [4.69, 9.17) is 32.2 Å². The second-order valence-electron chi connectivity index (χ2n) is 10.0. The first-order valence-corrected chi connectivity index (χ1v) is 15.2. The van der Waals surface area contributed by atoms with Gasteiger partial charge in [-0.2, -0.15) is 0 Å². The first kappa shape index (κ1) is 36.5. The third-order valence-corrected chi connectivity index (χ3v) is 7.41. The van der Waals surface area contributed by atoms with E-state index in [1.54, 1.807) is 0 Å². The van der Waals surface area contributed by atoms with Gasteiger partial charge in [0.15, 0.2) is 0 Å². The molecule has 0 amide bonds. The van der Waals surface area contributed by atoms with E-state index in [1.807, 2.05) is 62.4 Å². The molecular formula is C35H45ClN4O2W. The molecular weight excluding hydrogens is 728 g/mol. The van der Waals surface area contributed by atoms with Crippen molar-refractivity contribution in [3.05, 3.63) is 112 Å². The molecule has 8 heteroatoms. The Balaban J connectivity index is 0.000000458. The summed E-state index contributed by atoms with van der Waals surface area (Å²) in [5, 5.41) is 12.7. The number of aliphatic hydroxyl groups excluding tert-OH is 1. The fourth-order valence-electron chi connectivity index (χ4n) is 4.84. The Morgan fingerprint density at radius 3 is 2.51 bits per heavy atom. The molecule has 2 aromatic carbocycles. The number of β-amino-alcohol motifs (C(OH)–C–C–N with tert-alkyl or cyclic N) is 1. The van der Waals surface area contributed by atoms with Crippen molar-refractivity contribution in [2.75, 3.05) is 50.5 Å². The van der Waals surface area contributed by atoms with Crippen LogP contribution in [-0.4, -0.2) is 61.2 Å². The molecule has 0 aromatic heterocycles. The molecule has 43 heavy (non-hydrogen) atoms. The Hall–Kier alpha value is -2.69. The first-order chi connectivity index (χ1) is 20.4. The van der Waals surface area contributed by atoms with Crippen molar-refractivity contribution in [3.63, 3.8) is 0 Å². The summed E-state index contributed by atoms with van der Waals surface area (Å²) < 4.78 is 5.12. The van der Waals surface area contributed by atoms with Gasteiger partial charge in [0, 0.05) is 80.3 Å². The second-order valence-corrected chi connectivity index (χ2v) is 10.5. The van der Waals surface area contributed by atoms with Crippen LogP contribution >= 0.6 is 11.6 Å². The number of nitrogen functional groups attached to an aromatic ring is 1. The monoisotopic (exact) mass is 772 g/mol.